The third kappa shape index (κ3) is 4.89. The van der Waals surface area contributed by atoms with Crippen LogP contribution in [0.15, 0.2) is 42.5 Å². The zero-order chi connectivity index (χ0) is 19.6. The maximum absolute atomic E-state index is 13.4. The van der Waals surface area contributed by atoms with Crippen LogP contribution in [0.5, 0.6) is 0 Å². The van der Waals surface area contributed by atoms with Crippen LogP contribution in [0.25, 0.3) is 0 Å². The molecule has 1 heterocycles. The Morgan fingerprint density at radius 1 is 1.19 bits per heavy atom. The maximum atomic E-state index is 13.4. The van der Waals surface area contributed by atoms with Crippen LogP contribution in [0.1, 0.15) is 29.0 Å². The van der Waals surface area contributed by atoms with Crippen LogP contribution >= 0.6 is 0 Å². The Morgan fingerprint density at radius 3 is 2.52 bits per heavy atom. The lowest BCUT2D eigenvalue weighted by Crippen LogP contribution is -2.34. The average Bonchev–Trinajstić information content (AvgIpc) is 2.58. The summed E-state index contributed by atoms with van der Waals surface area (Å²) < 4.78 is 35.5. The van der Waals surface area contributed by atoms with Crippen LogP contribution < -0.4 is 15.8 Å². The maximum Gasteiger partial charge on any atom is 0.228 e. The van der Waals surface area contributed by atoms with E-state index in [0.717, 1.165) is 5.56 Å². The van der Waals surface area contributed by atoms with Crippen LogP contribution in [-0.4, -0.2) is 20.2 Å². The molecule has 0 spiro atoms. The smallest absolute Gasteiger partial charge is 0.228 e. The molecule has 142 valence electrons. The molecule has 4 N–H and O–H groups in total. The van der Waals surface area contributed by atoms with Gasteiger partial charge in [-0.1, -0.05) is 30.3 Å². The Labute approximate surface area is 155 Å². The highest BCUT2D eigenvalue weighted by Crippen LogP contribution is 2.32. The van der Waals surface area contributed by atoms with Gasteiger partial charge in [0.1, 0.15) is 5.82 Å². The normalized spacial score (nSPS) is 16.4. The first-order valence-electron chi connectivity index (χ1n) is 8.16. The number of sulfonamides is 1. The molecule has 0 aromatic heterocycles. The molecule has 7 nitrogen and oxygen atoms in total. The molecule has 3 rings (SSSR count). The van der Waals surface area contributed by atoms with Gasteiger partial charge in [-0.25, -0.2) is 17.9 Å². The average molecular weight is 391 g/mol. The summed E-state index contributed by atoms with van der Waals surface area (Å²) in [6.07, 6.45) is -0.0161. The number of fused-ring (bicyclic) bond motifs is 1. The molecule has 1 unspecified atom stereocenters. The minimum atomic E-state index is -3.60. The molecule has 1 aliphatic heterocycles. The minimum absolute atomic E-state index is 0.0161. The first-order chi connectivity index (χ1) is 12.7. The fourth-order valence-electron chi connectivity index (χ4n) is 2.97. The van der Waals surface area contributed by atoms with Gasteiger partial charge >= 0.3 is 0 Å². The summed E-state index contributed by atoms with van der Waals surface area (Å²) in [5.41, 5.74) is 2.18. The van der Waals surface area contributed by atoms with E-state index in [2.05, 4.69) is 10.6 Å². The number of halogens is 1. The van der Waals surface area contributed by atoms with E-state index in [9.17, 15) is 22.4 Å². The largest absolute Gasteiger partial charge is 0.351 e. The number of primary sulfonamides is 1. The van der Waals surface area contributed by atoms with Gasteiger partial charge in [0.2, 0.25) is 21.8 Å². The van der Waals surface area contributed by atoms with Gasteiger partial charge in [-0.05, 0) is 28.8 Å². The Balaban J connectivity index is 1.67. The van der Waals surface area contributed by atoms with Gasteiger partial charge in [-0.3, -0.25) is 9.59 Å². The highest BCUT2D eigenvalue weighted by Gasteiger charge is 2.30. The summed E-state index contributed by atoms with van der Waals surface area (Å²) in [5, 5.41) is 10.3. The van der Waals surface area contributed by atoms with Crippen molar-refractivity contribution in [3.05, 3.63) is 65.0 Å². The van der Waals surface area contributed by atoms with Crippen LogP contribution in [0.4, 0.5) is 10.1 Å². The van der Waals surface area contributed by atoms with Gasteiger partial charge in [-0.15, -0.1) is 0 Å². The van der Waals surface area contributed by atoms with Gasteiger partial charge in [0.25, 0.3) is 0 Å². The number of hydrogen-bond acceptors (Lipinski definition) is 4. The second kappa shape index (κ2) is 7.45. The number of hydrogen-bond donors (Lipinski definition) is 3. The number of benzene rings is 2. The standard InChI is InChI=1S/C18H18FN3O4S/c19-13-5-6-14-15(8-17(23)22-16(14)7-13)18(24)21-9-11-1-3-12(4-2-11)10-27(20,25)26/h1-7,15H,8-10H2,(H,21,24)(H,22,23)(H2,20,25,26). The van der Waals surface area contributed by atoms with Crippen molar-refractivity contribution in [3.63, 3.8) is 0 Å². The molecule has 1 atom stereocenters. The summed E-state index contributed by atoms with van der Waals surface area (Å²) in [4.78, 5) is 24.3. The molecule has 9 heteroatoms. The highest BCUT2D eigenvalue weighted by atomic mass is 32.2. The second-order valence-electron chi connectivity index (χ2n) is 6.38. The van der Waals surface area contributed by atoms with Crippen molar-refractivity contribution >= 4 is 27.5 Å². The quantitative estimate of drug-likeness (QED) is 0.713. The molecule has 2 aromatic rings. The molecule has 0 fully saturated rings. The fraction of sp³-hybridized carbons (Fsp3) is 0.222. The predicted molar refractivity (Wildman–Crippen MR) is 97.5 cm³/mol. The first-order valence-corrected chi connectivity index (χ1v) is 9.88. The van der Waals surface area contributed by atoms with E-state index in [0.29, 0.717) is 16.8 Å². The van der Waals surface area contributed by atoms with Crippen molar-refractivity contribution in [2.24, 2.45) is 5.14 Å². The lowest BCUT2D eigenvalue weighted by molar-refractivity contribution is -0.126. The number of carbonyl (C=O) groups is 2. The highest BCUT2D eigenvalue weighted by molar-refractivity contribution is 7.88. The van der Waals surface area contributed by atoms with Gasteiger partial charge < -0.3 is 10.6 Å². The lowest BCUT2D eigenvalue weighted by atomic mass is 9.89. The topological polar surface area (TPSA) is 118 Å². The van der Waals surface area contributed by atoms with E-state index in [4.69, 9.17) is 5.14 Å². The third-order valence-corrected chi connectivity index (χ3v) is 4.96. The number of nitrogens with two attached hydrogens (primary N) is 1. The number of amides is 2. The van der Waals surface area contributed by atoms with Crippen molar-refractivity contribution in [2.75, 3.05) is 5.32 Å². The molecule has 2 aromatic carbocycles. The molecule has 0 aliphatic carbocycles. The zero-order valence-corrected chi connectivity index (χ0v) is 15.1. The molecule has 1 aliphatic rings. The molecule has 0 saturated carbocycles. The molecule has 2 amide bonds. The van der Waals surface area contributed by atoms with E-state index < -0.39 is 21.8 Å². The van der Waals surface area contributed by atoms with Gasteiger partial charge in [-0.2, -0.15) is 0 Å². The van der Waals surface area contributed by atoms with Gasteiger partial charge in [0, 0.05) is 18.7 Å². The Bertz CT molecular complexity index is 990. The van der Waals surface area contributed by atoms with Crippen molar-refractivity contribution in [1.29, 1.82) is 0 Å². The van der Waals surface area contributed by atoms with E-state index in [-0.39, 0.29) is 30.5 Å². The first kappa shape index (κ1) is 19.0. The summed E-state index contributed by atoms with van der Waals surface area (Å²) in [5.74, 6) is -2.14. The number of rotatable bonds is 5. The van der Waals surface area contributed by atoms with Crippen molar-refractivity contribution in [2.45, 2.75) is 24.6 Å². The van der Waals surface area contributed by atoms with Crippen molar-refractivity contribution in [1.82, 2.24) is 5.32 Å². The van der Waals surface area contributed by atoms with Crippen LogP contribution in [0.2, 0.25) is 0 Å². The number of anilines is 1. The lowest BCUT2D eigenvalue weighted by Gasteiger charge is -2.25. The number of carbonyl (C=O) groups excluding carboxylic acids is 2. The predicted octanol–water partition coefficient (Wildman–Crippen LogP) is 1.36. The summed E-state index contributed by atoms with van der Waals surface area (Å²) in [6, 6.07) is 10.6. The summed E-state index contributed by atoms with van der Waals surface area (Å²) >= 11 is 0. The minimum Gasteiger partial charge on any atom is -0.351 e. The molecule has 0 radical (unpaired) electrons. The Kier molecular flexibility index (Phi) is 5.24. The molecule has 0 bridgehead atoms. The zero-order valence-electron chi connectivity index (χ0n) is 14.2. The Morgan fingerprint density at radius 2 is 1.85 bits per heavy atom. The molecule has 27 heavy (non-hydrogen) atoms. The Hall–Kier alpha value is -2.78. The van der Waals surface area contributed by atoms with Crippen molar-refractivity contribution < 1.29 is 22.4 Å². The van der Waals surface area contributed by atoms with Gasteiger partial charge in [0.15, 0.2) is 0 Å². The molecular weight excluding hydrogens is 373 g/mol. The second-order valence-corrected chi connectivity index (χ2v) is 7.99. The van der Waals surface area contributed by atoms with Crippen molar-refractivity contribution in [3.8, 4) is 0 Å². The third-order valence-electron chi connectivity index (χ3n) is 4.23. The van der Waals surface area contributed by atoms with Crippen LogP contribution in [-0.2, 0) is 31.9 Å². The summed E-state index contributed by atoms with van der Waals surface area (Å²) in [7, 11) is -3.60. The SMILES string of the molecule is NS(=O)(=O)Cc1ccc(CNC(=O)C2CC(=O)Nc3cc(F)ccc32)cc1. The van der Waals surface area contributed by atoms with E-state index in [1.165, 1.54) is 18.2 Å². The molecule has 0 saturated heterocycles. The van der Waals surface area contributed by atoms with Crippen LogP contribution in [0.3, 0.4) is 0 Å². The van der Waals surface area contributed by atoms with E-state index >= 15 is 0 Å². The summed E-state index contributed by atoms with van der Waals surface area (Å²) in [6.45, 7) is 0.211. The monoisotopic (exact) mass is 391 g/mol. The van der Waals surface area contributed by atoms with E-state index in [1.807, 2.05) is 0 Å². The van der Waals surface area contributed by atoms with Crippen LogP contribution in [0, 0.1) is 5.82 Å². The molecular formula is C18H18FN3O4S. The van der Waals surface area contributed by atoms with E-state index in [1.54, 1.807) is 24.3 Å². The number of nitrogens with one attached hydrogen (secondary N) is 2. The fourth-order valence-corrected chi connectivity index (χ4v) is 3.63. The van der Waals surface area contributed by atoms with Gasteiger partial charge in [0.05, 0.1) is 11.7 Å².